The van der Waals surface area contributed by atoms with Crippen LogP contribution in [-0.2, 0) is 24.0 Å². The molecule has 0 amide bonds. The van der Waals surface area contributed by atoms with Gasteiger partial charge >= 0.3 is 0 Å². The summed E-state index contributed by atoms with van der Waals surface area (Å²) in [5.74, 6) is 2.67. The van der Waals surface area contributed by atoms with Gasteiger partial charge in [-0.05, 0) is 79.3 Å². The lowest BCUT2D eigenvalue weighted by atomic mass is 9.94. The lowest BCUT2D eigenvalue weighted by Crippen LogP contribution is -2.15. The summed E-state index contributed by atoms with van der Waals surface area (Å²) in [6.07, 6.45) is 4.98. The smallest absolute Gasteiger partial charge is 0.161 e. The molecule has 1 atom stereocenters. The standard InChI is InChI=1S/C32H40O3/c1-6-27-12-8-9-14-29(27)18-17-26(20-21-34-32-22-24(3)16-19-31(32)33-5)23-35-25(4)30-15-11-10-13-28(30)7-2/h8-16,19,22,26H,4,6-7,17-18,20-21,23H2,1-3,5H3. The Labute approximate surface area is 211 Å². The van der Waals surface area contributed by atoms with Gasteiger partial charge in [0.2, 0.25) is 0 Å². The second-order valence-electron chi connectivity index (χ2n) is 9.06. The minimum atomic E-state index is 0.348. The molecular formula is C32H40O3. The molecule has 0 N–H and O–H groups in total. The first-order chi connectivity index (χ1) is 17.0. The monoisotopic (exact) mass is 472 g/mol. The van der Waals surface area contributed by atoms with E-state index in [1.165, 1.54) is 16.7 Å². The van der Waals surface area contributed by atoms with Gasteiger partial charge in [0.1, 0.15) is 5.76 Å². The molecule has 3 nitrogen and oxygen atoms in total. The Kier molecular flexibility index (Phi) is 10.3. The van der Waals surface area contributed by atoms with Gasteiger partial charge in [-0.15, -0.1) is 0 Å². The molecule has 0 saturated heterocycles. The number of methoxy groups -OCH3 is 1. The van der Waals surface area contributed by atoms with Crippen molar-refractivity contribution >= 4 is 5.76 Å². The SMILES string of the molecule is C=C(OCC(CCOc1cc(C)ccc1OC)CCc1ccccc1CC)c1ccccc1CC. The molecule has 0 heterocycles. The molecule has 0 aliphatic rings. The van der Waals surface area contributed by atoms with Crippen LogP contribution in [0.3, 0.4) is 0 Å². The Morgan fingerprint density at radius 3 is 2.23 bits per heavy atom. The van der Waals surface area contributed by atoms with Crippen LogP contribution in [0.4, 0.5) is 0 Å². The van der Waals surface area contributed by atoms with Crippen molar-refractivity contribution in [3.05, 3.63) is 101 Å². The number of hydrogen-bond acceptors (Lipinski definition) is 3. The normalized spacial score (nSPS) is 11.7. The maximum Gasteiger partial charge on any atom is 0.161 e. The van der Waals surface area contributed by atoms with Crippen LogP contribution in [-0.4, -0.2) is 20.3 Å². The predicted molar refractivity (Wildman–Crippen MR) is 146 cm³/mol. The largest absolute Gasteiger partial charge is 0.493 e. The van der Waals surface area contributed by atoms with Crippen molar-refractivity contribution in [3.8, 4) is 11.5 Å². The molecule has 3 aromatic rings. The zero-order valence-corrected chi connectivity index (χ0v) is 21.8. The van der Waals surface area contributed by atoms with E-state index in [1.54, 1.807) is 7.11 Å². The van der Waals surface area contributed by atoms with Crippen molar-refractivity contribution in [1.29, 1.82) is 0 Å². The fourth-order valence-electron chi connectivity index (χ4n) is 4.45. The van der Waals surface area contributed by atoms with E-state index in [2.05, 4.69) is 69.8 Å². The van der Waals surface area contributed by atoms with E-state index in [0.29, 0.717) is 19.1 Å². The summed E-state index contributed by atoms with van der Waals surface area (Å²) in [4.78, 5) is 0. The summed E-state index contributed by atoms with van der Waals surface area (Å²) in [6.45, 7) is 11.9. The summed E-state index contributed by atoms with van der Waals surface area (Å²) in [5.41, 5.74) is 6.37. The number of benzene rings is 3. The van der Waals surface area contributed by atoms with Crippen LogP contribution in [0.5, 0.6) is 11.5 Å². The van der Waals surface area contributed by atoms with Gasteiger partial charge in [-0.25, -0.2) is 0 Å². The molecule has 0 aromatic heterocycles. The quantitative estimate of drug-likeness (QED) is 0.224. The molecule has 0 bridgehead atoms. The molecule has 3 aromatic carbocycles. The van der Waals surface area contributed by atoms with Gasteiger partial charge in [0.05, 0.1) is 20.3 Å². The van der Waals surface area contributed by atoms with Gasteiger partial charge in [-0.2, -0.15) is 0 Å². The number of ether oxygens (including phenoxy) is 3. The Balaban J connectivity index is 1.66. The molecule has 0 fully saturated rings. The Morgan fingerprint density at radius 2 is 1.51 bits per heavy atom. The highest BCUT2D eigenvalue weighted by molar-refractivity contribution is 5.61. The molecule has 0 saturated carbocycles. The first-order valence-corrected chi connectivity index (χ1v) is 12.8. The number of aryl methyl sites for hydroxylation is 4. The Bertz CT molecular complexity index is 1090. The lowest BCUT2D eigenvalue weighted by Gasteiger charge is -2.21. The Morgan fingerprint density at radius 1 is 0.829 bits per heavy atom. The summed E-state index contributed by atoms with van der Waals surface area (Å²) in [7, 11) is 1.68. The second kappa shape index (κ2) is 13.6. The fraction of sp³-hybridized carbons (Fsp3) is 0.375. The van der Waals surface area contributed by atoms with E-state index in [1.807, 2.05) is 24.3 Å². The zero-order chi connectivity index (χ0) is 25.0. The first kappa shape index (κ1) is 26.4. The van der Waals surface area contributed by atoms with Crippen molar-refractivity contribution in [3.63, 3.8) is 0 Å². The van der Waals surface area contributed by atoms with Crippen LogP contribution in [0.2, 0.25) is 0 Å². The lowest BCUT2D eigenvalue weighted by molar-refractivity contribution is 0.177. The van der Waals surface area contributed by atoms with Crippen LogP contribution in [0, 0.1) is 12.8 Å². The van der Waals surface area contributed by atoms with Crippen molar-refractivity contribution in [2.24, 2.45) is 5.92 Å². The first-order valence-electron chi connectivity index (χ1n) is 12.8. The van der Waals surface area contributed by atoms with Gasteiger partial charge in [-0.1, -0.05) is 75.0 Å². The van der Waals surface area contributed by atoms with Crippen molar-refractivity contribution in [2.75, 3.05) is 20.3 Å². The molecule has 0 radical (unpaired) electrons. The third-order valence-corrected chi connectivity index (χ3v) is 6.62. The predicted octanol–water partition coefficient (Wildman–Crippen LogP) is 7.83. The van der Waals surface area contributed by atoms with Gasteiger partial charge in [0, 0.05) is 5.56 Å². The molecular weight excluding hydrogens is 432 g/mol. The van der Waals surface area contributed by atoms with E-state index in [0.717, 1.165) is 60.5 Å². The van der Waals surface area contributed by atoms with Gasteiger partial charge < -0.3 is 14.2 Å². The van der Waals surface area contributed by atoms with E-state index < -0.39 is 0 Å². The van der Waals surface area contributed by atoms with Crippen LogP contribution in [0.1, 0.15) is 54.5 Å². The molecule has 3 rings (SSSR count). The topological polar surface area (TPSA) is 27.7 Å². The third kappa shape index (κ3) is 7.65. The van der Waals surface area contributed by atoms with E-state index >= 15 is 0 Å². The highest BCUT2D eigenvalue weighted by atomic mass is 16.5. The summed E-state index contributed by atoms with van der Waals surface area (Å²) in [6, 6.07) is 23.1. The van der Waals surface area contributed by atoms with Crippen LogP contribution < -0.4 is 9.47 Å². The fourth-order valence-corrected chi connectivity index (χ4v) is 4.45. The molecule has 35 heavy (non-hydrogen) atoms. The molecule has 1 unspecified atom stereocenters. The maximum absolute atomic E-state index is 6.27. The van der Waals surface area contributed by atoms with E-state index in [4.69, 9.17) is 14.2 Å². The van der Waals surface area contributed by atoms with Crippen molar-refractivity contribution < 1.29 is 14.2 Å². The average molecular weight is 473 g/mol. The van der Waals surface area contributed by atoms with Crippen LogP contribution >= 0.6 is 0 Å². The second-order valence-corrected chi connectivity index (χ2v) is 9.06. The minimum Gasteiger partial charge on any atom is -0.493 e. The summed E-state index contributed by atoms with van der Waals surface area (Å²) in [5, 5.41) is 0. The molecule has 186 valence electrons. The summed E-state index contributed by atoms with van der Waals surface area (Å²) >= 11 is 0. The van der Waals surface area contributed by atoms with Crippen molar-refractivity contribution in [2.45, 2.75) is 52.9 Å². The zero-order valence-electron chi connectivity index (χ0n) is 21.8. The molecule has 0 spiro atoms. The minimum absolute atomic E-state index is 0.348. The number of rotatable bonds is 14. The van der Waals surface area contributed by atoms with Gasteiger partial charge in [0.15, 0.2) is 11.5 Å². The third-order valence-electron chi connectivity index (χ3n) is 6.62. The van der Waals surface area contributed by atoms with E-state index in [-0.39, 0.29) is 0 Å². The van der Waals surface area contributed by atoms with E-state index in [9.17, 15) is 0 Å². The van der Waals surface area contributed by atoms with Crippen LogP contribution in [0.15, 0.2) is 73.3 Å². The maximum atomic E-state index is 6.27. The van der Waals surface area contributed by atoms with Gasteiger partial charge in [0.25, 0.3) is 0 Å². The highest BCUT2D eigenvalue weighted by Gasteiger charge is 2.15. The number of hydrogen-bond donors (Lipinski definition) is 0. The molecule has 0 aliphatic heterocycles. The molecule has 0 aliphatic carbocycles. The summed E-state index contributed by atoms with van der Waals surface area (Å²) < 4.78 is 17.9. The molecule has 3 heteroatoms. The highest BCUT2D eigenvalue weighted by Crippen LogP contribution is 2.29. The van der Waals surface area contributed by atoms with Crippen LogP contribution in [0.25, 0.3) is 5.76 Å². The van der Waals surface area contributed by atoms with Gasteiger partial charge in [-0.3, -0.25) is 0 Å². The average Bonchev–Trinajstić information content (AvgIpc) is 2.89. The van der Waals surface area contributed by atoms with Crippen molar-refractivity contribution in [1.82, 2.24) is 0 Å². The Hall–Kier alpha value is -3.20.